The van der Waals surface area contributed by atoms with Gasteiger partial charge in [-0.3, -0.25) is 0 Å². The fourth-order valence-electron chi connectivity index (χ4n) is 1.65. The van der Waals surface area contributed by atoms with E-state index >= 15 is 0 Å². The maximum atomic E-state index is 11.1. The zero-order chi connectivity index (χ0) is 12.9. The van der Waals surface area contributed by atoms with Gasteiger partial charge in [-0.15, -0.1) is 0 Å². The Balaban J connectivity index is 3.33. The number of hydrogen-bond acceptors (Lipinski definition) is 3. The number of carbonyl (C=O) groups excluding carboxylic acids is 1. The van der Waals surface area contributed by atoms with Gasteiger partial charge in [0.15, 0.2) is 0 Å². The lowest BCUT2D eigenvalue weighted by Gasteiger charge is -2.12. The number of rotatable bonds is 10. The topological polar surface area (TPSA) is 35.5 Å². The zero-order valence-electron chi connectivity index (χ0n) is 11.7. The minimum Gasteiger partial charge on any atom is -0.434 e. The second kappa shape index (κ2) is 11.7. The SMILES string of the molecule is CCCCCCCCC(C)OC(=O)OCCC. The zero-order valence-corrected chi connectivity index (χ0v) is 11.7. The Bertz CT molecular complexity index is 180. The van der Waals surface area contributed by atoms with E-state index in [2.05, 4.69) is 6.92 Å². The van der Waals surface area contributed by atoms with Crippen LogP contribution in [0, 0.1) is 0 Å². The quantitative estimate of drug-likeness (QED) is 0.413. The molecule has 0 aliphatic carbocycles. The average Bonchev–Trinajstić information content (AvgIpc) is 2.31. The van der Waals surface area contributed by atoms with Gasteiger partial charge in [-0.1, -0.05) is 46.0 Å². The number of ether oxygens (including phenoxy) is 2. The van der Waals surface area contributed by atoms with Crippen LogP contribution in [0.3, 0.4) is 0 Å². The molecule has 0 spiro atoms. The lowest BCUT2D eigenvalue weighted by molar-refractivity contribution is 0.0260. The van der Waals surface area contributed by atoms with Gasteiger partial charge in [-0.25, -0.2) is 4.79 Å². The van der Waals surface area contributed by atoms with Crippen LogP contribution in [0.5, 0.6) is 0 Å². The molecule has 0 N–H and O–H groups in total. The average molecular weight is 244 g/mol. The number of carbonyl (C=O) groups is 1. The molecule has 17 heavy (non-hydrogen) atoms. The first-order valence-corrected chi connectivity index (χ1v) is 7.04. The highest BCUT2D eigenvalue weighted by Gasteiger charge is 2.09. The van der Waals surface area contributed by atoms with Crippen LogP contribution in [-0.2, 0) is 9.47 Å². The van der Waals surface area contributed by atoms with Gasteiger partial charge in [-0.2, -0.15) is 0 Å². The van der Waals surface area contributed by atoms with E-state index in [1.807, 2.05) is 13.8 Å². The van der Waals surface area contributed by atoms with E-state index < -0.39 is 6.16 Å². The summed E-state index contributed by atoms with van der Waals surface area (Å²) in [6, 6.07) is 0. The molecule has 0 aromatic carbocycles. The molecule has 0 aromatic heterocycles. The summed E-state index contributed by atoms with van der Waals surface area (Å²) in [6.45, 7) is 6.56. The molecule has 0 aliphatic rings. The van der Waals surface area contributed by atoms with Crippen molar-refractivity contribution in [2.24, 2.45) is 0 Å². The van der Waals surface area contributed by atoms with Gasteiger partial charge in [0, 0.05) is 0 Å². The van der Waals surface area contributed by atoms with Gasteiger partial charge in [0.1, 0.15) is 6.10 Å². The third-order valence-electron chi connectivity index (χ3n) is 2.69. The molecule has 0 aromatic rings. The van der Waals surface area contributed by atoms with Gasteiger partial charge in [-0.05, 0) is 26.2 Å². The van der Waals surface area contributed by atoms with E-state index in [1.165, 1.54) is 32.1 Å². The molecule has 1 atom stereocenters. The summed E-state index contributed by atoms with van der Waals surface area (Å²) in [5, 5.41) is 0. The molecule has 0 saturated heterocycles. The molecule has 0 saturated carbocycles. The van der Waals surface area contributed by atoms with Crippen molar-refractivity contribution in [3.63, 3.8) is 0 Å². The number of hydrogen-bond donors (Lipinski definition) is 0. The Kier molecular flexibility index (Phi) is 11.2. The minimum atomic E-state index is -0.523. The van der Waals surface area contributed by atoms with Crippen molar-refractivity contribution in [3.8, 4) is 0 Å². The van der Waals surface area contributed by atoms with Crippen molar-refractivity contribution < 1.29 is 14.3 Å². The number of unbranched alkanes of at least 4 members (excludes halogenated alkanes) is 5. The molecule has 1 unspecified atom stereocenters. The Morgan fingerprint density at radius 1 is 1.00 bits per heavy atom. The van der Waals surface area contributed by atoms with Crippen LogP contribution >= 0.6 is 0 Å². The summed E-state index contributed by atoms with van der Waals surface area (Å²) in [7, 11) is 0. The molecule has 0 heterocycles. The normalized spacial score (nSPS) is 12.2. The van der Waals surface area contributed by atoms with Crippen LogP contribution in [0.4, 0.5) is 4.79 Å². The summed E-state index contributed by atoms with van der Waals surface area (Å²) >= 11 is 0. The fourth-order valence-corrected chi connectivity index (χ4v) is 1.65. The Hall–Kier alpha value is -0.730. The Labute approximate surface area is 106 Å². The molecule has 0 aliphatic heterocycles. The van der Waals surface area contributed by atoms with E-state index in [4.69, 9.17) is 9.47 Å². The van der Waals surface area contributed by atoms with Crippen LogP contribution in [-0.4, -0.2) is 18.9 Å². The lowest BCUT2D eigenvalue weighted by atomic mass is 10.1. The van der Waals surface area contributed by atoms with Crippen LogP contribution in [0.15, 0.2) is 0 Å². The molecule has 3 nitrogen and oxygen atoms in total. The maximum Gasteiger partial charge on any atom is 0.508 e. The molecule has 0 radical (unpaired) electrons. The fraction of sp³-hybridized carbons (Fsp3) is 0.929. The van der Waals surface area contributed by atoms with Gasteiger partial charge in [0.05, 0.1) is 6.61 Å². The third kappa shape index (κ3) is 11.5. The van der Waals surface area contributed by atoms with Gasteiger partial charge >= 0.3 is 6.16 Å². The van der Waals surface area contributed by atoms with Crippen molar-refractivity contribution in [1.82, 2.24) is 0 Å². The lowest BCUT2D eigenvalue weighted by Crippen LogP contribution is -2.16. The highest BCUT2D eigenvalue weighted by Crippen LogP contribution is 2.10. The summed E-state index contributed by atoms with van der Waals surface area (Å²) in [4.78, 5) is 11.1. The smallest absolute Gasteiger partial charge is 0.434 e. The third-order valence-corrected chi connectivity index (χ3v) is 2.69. The molecule has 0 bridgehead atoms. The monoisotopic (exact) mass is 244 g/mol. The predicted molar refractivity (Wildman–Crippen MR) is 70.2 cm³/mol. The van der Waals surface area contributed by atoms with E-state index in [-0.39, 0.29) is 6.10 Å². The first kappa shape index (κ1) is 16.3. The first-order valence-electron chi connectivity index (χ1n) is 7.04. The molecule has 0 fully saturated rings. The molecular weight excluding hydrogens is 216 g/mol. The van der Waals surface area contributed by atoms with E-state index in [9.17, 15) is 4.79 Å². The highest BCUT2D eigenvalue weighted by atomic mass is 16.7. The second-order valence-corrected chi connectivity index (χ2v) is 4.58. The molecule has 0 rings (SSSR count). The standard InChI is InChI=1S/C14H28O3/c1-4-6-7-8-9-10-11-13(3)17-14(15)16-12-5-2/h13H,4-12H2,1-3H3. The molecular formula is C14H28O3. The van der Waals surface area contributed by atoms with Crippen LogP contribution in [0.1, 0.15) is 72.1 Å². The summed E-state index contributed by atoms with van der Waals surface area (Å²) in [5.74, 6) is 0. The molecule has 102 valence electrons. The summed E-state index contributed by atoms with van der Waals surface area (Å²) < 4.78 is 9.98. The van der Waals surface area contributed by atoms with Crippen molar-refractivity contribution in [1.29, 1.82) is 0 Å². The minimum absolute atomic E-state index is 0.0227. The molecule has 0 amide bonds. The van der Waals surface area contributed by atoms with Crippen LogP contribution in [0.2, 0.25) is 0 Å². The summed E-state index contributed by atoms with van der Waals surface area (Å²) in [6.07, 6.45) is 8.82. The first-order chi connectivity index (χ1) is 8.20. The Morgan fingerprint density at radius 3 is 2.29 bits per heavy atom. The van der Waals surface area contributed by atoms with Gasteiger partial charge in [0.2, 0.25) is 0 Å². The van der Waals surface area contributed by atoms with Crippen LogP contribution < -0.4 is 0 Å². The van der Waals surface area contributed by atoms with Gasteiger partial charge in [0.25, 0.3) is 0 Å². The van der Waals surface area contributed by atoms with Gasteiger partial charge < -0.3 is 9.47 Å². The Morgan fingerprint density at radius 2 is 1.65 bits per heavy atom. The molecule has 3 heteroatoms. The predicted octanol–water partition coefficient (Wildman–Crippen LogP) is 4.69. The van der Waals surface area contributed by atoms with E-state index in [0.29, 0.717) is 6.61 Å². The largest absolute Gasteiger partial charge is 0.508 e. The van der Waals surface area contributed by atoms with Crippen molar-refractivity contribution in [3.05, 3.63) is 0 Å². The maximum absolute atomic E-state index is 11.1. The van der Waals surface area contributed by atoms with Crippen molar-refractivity contribution >= 4 is 6.16 Å². The van der Waals surface area contributed by atoms with Crippen molar-refractivity contribution in [2.45, 2.75) is 78.2 Å². The highest BCUT2D eigenvalue weighted by molar-refractivity contribution is 5.59. The van der Waals surface area contributed by atoms with Crippen molar-refractivity contribution in [2.75, 3.05) is 6.61 Å². The summed E-state index contributed by atoms with van der Waals surface area (Å²) in [5.41, 5.74) is 0. The van der Waals surface area contributed by atoms with E-state index in [0.717, 1.165) is 19.3 Å². The van der Waals surface area contributed by atoms with Crippen LogP contribution in [0.25, 0.3) is 0 Å². The second-order valence-electron chi connectivity index (χ2n) is 4.58. The van der Waals surface area contributed by atoms with E-state index in [1.54, 1.807) is 0 Å².